The molecule has 3 aromatic carbocycles. The minimum absolute atomic E-state index is 0. The summed E-state index contributed by atoms with van der Waals surface area (Å²) in [4.78, 5) is 53.6. The lowest BCUT2D eigenvalue weighted by Gasteiger charge is -2.32. The van der Waals surface area contributed by atoms with Gasteiger partial charge in [0.25, 0.3) is 21.9 Å². The van der Waals surface area contributed by atoms with Crippen LogP contribution in [0.3, 0.4) is 0 Å². The highest BCUT2D eigenvalue weighted by Crippen LogP contribution is 2.55. The largest absolute Gasteiger partial charge is 0.412 e. The molecule has 4 atom stereocenters. The first-order valence-corrected chi connectivity index (χ1v) is 25.9. The van der Waals surface area contributed by atoms with E-state index in [-0.39, 0.29) is 33.8 Å². The average Bonchev–Trinajstić information content (AvgIpc) is 4.30. The van der Waals surface area contributed by atoms with E-state index in [2.05, 4.69) is 52.9 Å². The maximum atomic E-state index is 13.2. The summed E-state index contributed by atoms with van der Waals surface area (Å²) in [5.74, 6) is 3.42. The Kier molecular flexibility index (Phi) is 16.7. The van der Waals surface area contributed by atoms with E-state index in [0.717, 1.165) is 70.9 Å². The molecule has 6 N–H and O–H groups in total. The van der Waals surface area contributed by atoms with Gasteiger partial charge in [-0.1, -0.05) is 29.3 Å². The Bertz CT molecular complexity index is 3280. The van der Waals surface area contributed by atoms with E-state index in [9.17, 15) is 26.8 Å². The molecule has 2 saturated carbocycles. The number of aromatic nitrogens is 6. The molecular weight excluding hydrogens is 1000 g/mol. The second-order valence-corrected chi connectivity index (χ2v) is 21.6. The predicted octanol–water partition coefficient (Wildman–Crippen LogP) is 9.51. The zero-order chi connectivity index (χ0) is 53.1. The van der Waals surface area contributed by atoms with Gasteiger partial charge in [-0.25, -0.2) is 28.7 Å². The van der Waals surface area contributed by atoms with E-state index in [4.69, 9.17) is 26.1 Å². The number of carbonyl (C=O) groups is 2. The van der Waals surface area contributed by atoms with Crippen LogP contribution in [0.1, 0.15) is 113 Å². The Morgan fingerprint density at radius 3 is 1.69 bits per heavy atom. The van der Waals surface area contributed by atoms with Gasteiger partial charge < -0.3 is 26.3 Å². The number of aryl methyl sites for hydroxylation is 3. The first kappa shape index (κ1) is 55.4. The summed E-state index contributed by atoms with van der Waals surface area (Å²) >= 11 is 5.49. The fraction of sp³-hybridized carbons (Fsp3) is 0.309. The fourth-order valence-corrected chi connectivity index (χ4v) is 9.39. The zero-order valence-electron chi connectivity index (χ0n) is 42.4. The van der Waals surface area contributed by atoms with E-state index in [0.29, 0.717) is 45.8 Å². The molecule has 2 fully saturated rings. The Balaban J connectivity index is 0.000000164. The Morgan fingerprint density at radius 2 is 1.17 bits per heavy atom. The van der Waals surface area contributed by atoms with Crippen molar-refractivity contribution in [2.75, 3.05) is 23.3 Å². The fourth-order valence-electron chi connectivity index (χ4n) is 8.73. The third kappa shape index (κ3) is 13.9. The van der Waals surface area contributed by atoms with Crippen molar-refractivity contribution < 1.29 is 36.8 Å². The topological polar surface area (TPSA) is 237 Å². The maximum absolute atomic E-state index is 13.2. The Hall–Kier alpha value is -7.32. The molecule has 20 heteroatoms. The van der Waals surface area contributed by atoms with Crippen LogP contribution in [0.25, 0.3) is 0 Å². The average molecular weight is 1060 g/mol. The van der Waals surface area contributed by atoms with Crippen molar-refractivity contribution in [3.05, 3.63) is 189 Å². The molecule has 0 saturated heterocycles. The van der Waals surface area contributed by atoms with Gasteiger partial charge in [0.2, 0.25) is 0 Å². The first-order valence-electron chi connectivity index (χ1n) is 24.0. The van der Waals surface area contributed by atoms with Crippen LogP contribution < -0.4 is 20.9 Å². The van der Waals surface area contributed by atoms with Gasteiger partial charge >= 0.3 is 0 Å². The first-order chi connectivity index (χ1) is 35.0. The van der Waals surface area contributed by atoms with Crippen LogP contribution in [0.2, 0.25) is 5.15 Å². The SMILES string of the molecule is CC(C)(NC(=O)c1ccc(F)cc1)c1ccc2c(n1)C1CC1CN2.Cc1ccc(S(=O)(=O)O)cc1.Cc1nccc(Cl)n1.Cc1nccc(N2CC3CC3c3nc(C(C)(C)NC(=O)c4ccc(F)cc4)ccc32)n1.O. The summed E-state index contributed by atoms with van der Waals surface area (Å²) in [5, 5.41) is 9.95. The number of amides is 2. The van der Waals surface area contributed by atoms with Gasteiger partial charge in [-0.05, 0) is 170 Å². The van der Waals surface area contributed by atoms with E-state index in [1.807, 2.05) is 59.7 Å². The predicted molar refractivity (Wildman–Crippen MR) is 283 cm³/mol. The van der Waals surface area contributed by atoms with E-state index in [1.165, 1.54) is 67.1 Å². The molecule has 2 amide bonds. The third-order valence-electron chi connectivity index (χ3n) is 13.1. The van der Waals surface area contributed by atoms with Gasteiger partial charge in [0.1, 0.15) is 34.3 Å². The van der Waals surface area contributed by atoms with E-state index in [1.54, 1.807) is 37.5 Å². The Morgan fingerprint density at radius 1 is 0.667 bits per heavy atom. The summed E-state index contributed by atoms with van der Waals surface area (Å²) < 4.78 is 55.7. The molecule has 0 spiro atoms. The van der Waals surface area contributed by atoms with Crippen LogP contribution in [0, 0.1) is 44.2 Å². The molecular formula is C55H59ClF2N10O6S. The van der Waals surface area contributed by atoms with Gasteiger partial charge in [0, 0.05) is 48.4 Å². The number of anilines is 3. The monoisotopic (exact) mass is 1060 g/mol. The lowest BCUT2D eigenvalue weighted by molar-refractivity contribution is 0.0901. The second kappa shape index (κ2) is 22.7. The number of nitrogens with zero attached hydrogens (tertiary/aromatic N) is 7. The number of benzene rings is 3. The summed E-state index contributed by atoms with van der Waals surface area (Å²) in [6.45, 7) is 15.2. The van der Waals surface area contributed by atoms with Crippen LogP contribution in [0.5, 0.6) is 0 Å². The van der Waals surface area contributed by atoms with Gasteiger partial charge in [0.05, 0.1) is 50.1 Å². The van der Waals surface area contributed by atoms with Crippen LogP contribution in [0.15, 0.2) is 126 Å². The molecule has 392 valence electrons. The van der Waals surface area contributed by atoms with Crippen molar-refractivity contribution in [1.82, 2.24) is 40.5 Å². The molecule has 16 nitrogen and oxygen atoms in total. The second-order valence-electron chi connectivity index (χ2n) is 19.8. The van der Waals surface area contributed by atoms with Crippen molar-refractivity contribution in [1.29, 1.82) is 0 Å². The summed E-state index contributed by atoms with van der Waals surface area (Å²) in [6.07, 6.45) is 5.72. The number of rotatable bonds is 8. The Labute approximate surface area is 439 Å². The maximum Gasteiger partial charge on any atom is 0.294 e. The highest BCUT2D eigenvalue weighted by atomic mass is 35.5. The molecule has 4 aromatic heterocycles. The molecule has 6 heterocycles. The highest BCUT2D eigenvalue weighted by molar-refractivity contribution is 7.85. The van der Waals surface area contributed by atoms with Gasteiger partial charge in [-0.3, -0.25) is 24.1 Å². The van der Waals surface area contributed by atoms with Crippen molar-refractivity contribution in [2.45, 2.75) is 89.1 Å². The van der Waals surface area contributed by atoms with E-state index >= 15 is 0 Å². The molecule has 2 aliphatic heterocycles. The number of nitrogens with one attached hydrogen (secondary N) is 3. The lowest BCUT2D eigenvalue weighted by Crippen LogP contribution is -2.42. The standard InChI is InChI=1S/C24H24FN5O.C19H20FN3O.C7H8O3S.C5H5ClN2.H2O/c1-14-26-11-10-21(27-14)30-13-16-12-18(16)22-19(30)8-9-20(28-22)24(2,3)29-23(31)15-4-6-17(25)7-5-15;1-19(2,23-18(24)11-3-5-13(20)6-4-11)16-8-7-15-17(22-16)14-9-12(14)10-21-15;1-6-2-4-7(5-3-6)11(8,9)10;1-4-7-3-2-5(6)8-4;/h4-11,16,18H,12-13H2,1-3H3,(H,29,31);3-8,12,14,21H,9-10H2,1-2H3,(H,23,24);2-5H,1H3,(H,8,9,10);2-3H,1H3;1H2. The number of fused-ring (bicyclic) bond motifs is 6. The summed E-state index contributed by atoms with van der Waals surface area (Å²) in [6, 6.07) is 28.7. The lowest BCUT2D eigenvalue weighted by atomic mass is 9.97. The van der Waals surface area contributed by atoms with Gasteiger partial charge in [-0.2, -0.15) is 8.42 Å². The van der Waals surface area contributed by atoms with Gasteiger partial charge in [0.15, 0.2) is 0 Å². The van der Waals surface area contributed by atoms with Gasteiger partial charge in [-0.15, -0.1) is 0 Å². The number of hydrogen-bond donors (Lipinski definition) is 4. The minimum atomic E-state index is -4.02. The van der Waals surface area contributed by atoms with Crippen LogP contribution >= 0.6 is 11.6 Å². The molecule has 4 unspecified atom stereocenters. The normalized spacial score (nSPS) is 17.5. The molecule has 2 aliphatic carbocycles. The van der Waals surface area contributed by atoms with Crippen molar-refractivity contribution in [3.63, 3.8) is 0 Å². The van der Waals surface area contributed by atoms with Crippen LogP contribution in [0.4, 0.5) is 26.0 Å². The quantitative estimate of drug-likeness (QED) is 0.0821. The van der Waals surface area contributed by atoms with Crippen molar-refractivity contribution in [3.8, 4) is 0 Å². The highest BCUT2D eigenvalue weighted by Gasteiger charge is 2.47. The molecule has 7 aromatic rings. The number of pyridine rings is 2. The van der Waals surface area contributed by atoms with Crippen molar-refractivity contribution >= 4 is 50.7 Å². The smallest absolute Gasteiger partial charge is 0.294 e. The molecule has 11 rings (SSSR count). The number of carbonyl (C=O) groups excluding carboxylic acids is 2. The molecule has 0 radical (unpaired) electrons. The molecule has 75 heavy (non-hydrogen) atoms. The molecule has 4 aliphatic rings. The minimum Gasteiger partial charge on any atom is -0.412 e. The third-order valence-corrected chi connectivity index (χ3v) is 14.2. The number of halogens is 3. The number of hydrogen-bond acceptors (Lipinski definition) is 12. The van der Waals surface area contributed by atoms with Crippen molar-refractivity contribution in [2.24, 2.45) is 11.8 Å². The van der Waals surface area contributed by atoms with E-state index < -0.39 is 21.2 Å². The van der Waals surface area contributed by atoms with Crippen LogP contribution in [-0.2, 0) is 21.2 Å². The zero-order valence-corrected chi connectivity index (χ0v) is 44.0. The molecule has 0 bridgehead atoms. The summed E-state index contributed by atoms with van der Waals surface area (Å²) in [5.41, 5.74) is 6.52. The van der Waals surface area contributed by atoms with Crippen LogP contribution in [-0.4, -0.2) is 73.3 Å². The summed E-state index contributed by atoms with van der Waals surface area (Å²) in [7, 11) is -4.02.